The Hall–Kier alpha value is -2.49. The minimum Gasteiger partial charge on any atom is -0.494 e. The van der Waals surface area contributed by atoms with Crippen molar-refractivity contribution in [1.29, 1.82) is 0 Å². The van der Waals surface area contributed by atoms with Gasteiger partial charge in [-0.2, -0.15) is 0 Å². The lowest BCUT2D eigenvalue weighted by Gasteiger charge is -2.32. The average Bonchev–Trinajstić information content (AvgIpc) is 3.36. The molecule has 0 bridgehead atoms. The lowest BCUT2D eigenvalue weighted by molar-refractivity contribution is -0.139. The van der Waals surface area contributed by atoms with E-state index in [1.807, 2.05) is 6.92 Å². The largest absolute Gasteiger partial charge is 0.494 e. The molecular weight excluding hydrogens is 537 g/mol. The Labute approximate surface area is 228 Å². The molecule has 202 valence electrons. The maximum absolute atomic E-state index is 13.6. The topological polar surface area (TPSA) is 96.0 Å². The number of amides is 2. The Morgan fingerprint density at radius 3 is 2.30 bits per heavy atom. The first-order valence-electron chi connectivity index (χ1n) is 12.2. The maximum Gasteiger partial charge on any atom is 0.244 e. The van der Waals surface area contributed by atoms with Crippen LogP contribution >= 0.6 is 23.2 Å². The van der Waals surface area contributed by atoms with Crippen molar-refractivity contribution in [1.82, 2.24) is 10.2 Å². The summed E-state index contributed by atoms with van der Waals surface area (Å²) in [7, 11) is -3.82. The second kappa shape index (κ2) is 12.8. The van der Waals surface area contributed by atoms with Crippen LogP contribution in [0.1, 0.15) is 45.1 Å². The summed E-state index contributed by atoms with van der Waals surface area (Å²) in [6.07, 6.45) is 4.95. The molecule has 1 aliphatic rings. The summed E-state index contributed by atoms with van der Waals surface area (Å²) in [4.78, 5) is 28.1. The van der Waals surface area contributed by atoms with Crippen LogP contribution in [0.2, 0.25) is 10.0 Å². The van der Waals surface area contributed by atoms with Crippen molar-refractivity contribution in [3.8, 4) is 5.75 Å². The van der Waals surface area contributed by atoms with Crippen molar-refractivity contribution in [2.75, 3.05) is 23.7 Å². The molecule has 1 atom stereocenters. The molecule has 2 amide bonds. The molecule has 0 aromatic heterocycles. The van der Waals surface area contributed by atoms with Gasteiger partial charge in [-0.1, -0.05) is 42.1 Å². The van der Waals surface area contributed by atoms with Gasteiger partial charge in [0.05, 0.1) is 28.6 Å². The Bertz CT molecular complexity index is 1200. The van der Waals surface area contributed by atoms with E-state index in [1.54, 1.807) is 49.4 Å². The van der Waals surface area contributed by atoms with Gasteiger partial charge in [-0.05, 0) is 68.7 Å². The molecule has 0 radical (unpaired) electrons. The van der Waals surface area contributed by atoms with Crippen molar-refractivity contribution in [2.24, 2.45) is 0 Å². The van der Waals surface area contributed by atoms with Gasteiger partial charge in [-0.15, -0.1) is 0 Å². The highest BCUT2D eigenvalue weighted by Gasteiger charge is 2.31. The minimum absolute atomic E-state index is 0.0514. The second-order valence-corrected chi connectivity index (χ2v) is 11.9. The van der Waals surface area contributed by atoms with Crippen molar-refractivity contribution < 1.29 is 22.7 Å². The highest BCUT2D eigenvalue weighted by atomic mass is 35.5. The molecule has 3 rings (SSSR count). The molecule has 0 saturated heterocycles. The van der Waals surface area contributed by atoms with Gasteiger partial charge in [0.15, 0.2) is 0 Å². The lowest BCUT2D eigenvalue weighted by Crippen LogP contribution is -2.52. The second-order valence-electron chi connectivity index (χ2n) is 9.13. The number of nitrogens with one attached hydrogen (secondary N) is 1. The normalized spacial score (nSPS) is 14.7. The Morgan fingerprint density at radius 2 is 1.73 bits per heavy atom. The van der Waals surface area contributed by atoms with Gasteiger partial charge >= 0.3 is 0 Å². The molecule has 0 aliphatic heterocycles. The first-order chi connectivity index (χ1) is 17.5. The van der Waals surface area contributed by atoms with Gasteiger partial charge in [-0.25, -0.2) is 8.42 Å². The number of carbonyl (C=O) groups excluding carboxylic acids is 2. The summed E-state index contributed by atoms with van der Waals surface area (Å²) in [6.45, 7) is 3.53. The quantitative estimate of drug-likeness (QED) is 0.425. The number of carbonyl (C=O) groups is 2. The maximum atomic E-state index is 13.6. The number of nitrogens with zero attached hydrogens (tertiary/aromatic N) is 2. The molecule has 1 fully saturated rings. The third-order valence-electron chi connectivity index (χ3n) is 6.32. The van der Waals surface area contributed by atoms with E-state index in [0.717, 1.165) is 36.2 Å². The van der Waals surface area contributed by atoms with Crippen LogP contribution in [0.25, 0.3) is 0 Å². The predicted molar refractivity (Wildman–Crippen MR) is 147 cm³/mol. The van der Waals surface area contributed by atoms with E-state index >= 15 is 0 Å². The zero-order chi connectivity index (χ0) is 27.2. The number of ether oxygens (including phenoxy) is 1. The summed E-state index contributed by atoms with van der Waals surface area (Å²) in [5.41, 5.74) is 0.979. The van der Waals surface area contributed by atoms with Gasteiger partial charge in [0.1, 0.15) is 18.3 Å². The first kappa shape index (κ1) is 29.1. The van der Waals surface area contributed by atoms with Crippen molar-refractivity contribution in [3.63, 3.8) is 0 Å². The summed E-state index contributed by atoms with van der Waals surface area (Å²) in [5, 5.41) is 3.72. The van der Waals surface area contributed by atoms with Crippen LogP contribution in [0.3, 0.4) is 0 Å². The van der Waals surface area contributed by atoms with Crippen LogP contribution in [-0.2, 0) is 26.2 Å². The van der Waals surface area contributed by atoms with Crippen LogP contribution in [0.4, 0.5) is 5.69 Å². The summed E-state index contributed by atoms with van der Waals surface area (Å²) >= 11 is 12.2. The van der Waals surface area contributed by atoms with E-state index in [1.165, 1.54) is 4.90 Å². The van der Waals surface area contributed by atoms with E-state index in [-0.39, 0.29) is 18.5 Å². The zero-order valence-electron chi connectivity index (χ0n) is 21.2. The predicted octanol–water partition coefficient (Wildman–Crippen LogP) is 4.63. The number of halogens is 2. The molecule has 1 aliphatic carbocycles. The third kappa shape index (κ3) is 7.99. The molecule has 37 heavy (non-hydrogen) atoms. The molecule has 2 aromatic carbocycles. The molecule has 0 unspecified atom stereocenters. The number of hydrogen-bond donors (Lipinski definition) is 1. The van der Waals surface area contributed by atoms with Crippen LogP contribution in [-0.4, -0.2) is 56.6 Å². The molecule has 0 spiro atoms. The number of benzene rings is 2. The fourth-order valence-corrected chi connectivity index (χ4v) is 5.47. The number of anilines is 1. The van der Waals surface area contributed by atoms with E-state index in [4.69, 9.17) is 27.9 Å². The van der Waals surface area contributed by atoms with Gasteiger partial charge in [0.25, 0.3) is 0 Å². The molecule has 1 saturated carbocycles. The summed E-state index contributed by atoms with van der Waals surface area (Å²) in [5.74, 6) is -0.226. The Balaban J connectivity index is 1.88. The minimum atomic E-state index is -3.82. The fourth-order valence-electron chi connectivity index (χ4n) is 4.30. The zero-order valence-corrected chi connectivity index (χ0v) is 23.6. The van der Waals surface area contributed by atoms with Crippen LogP contribution < -0.4 is 14.4 Å². The molecular formula is C26H33Cl2N3O5S. The summed E-state index contributed by atoms with van der Waals surface area (Å²) in [6, 6.07) is 10.7. The molecule has 1 N–H and O–H groups in total. The van der Waals surface area contributed by atoms with Crippen molar-refractivity contribution in [3.05, 3.63) is 58.1 Å². The van der Waals surface area contributed by atoms with Crippen LogP contribution in [0.15, 0.2) is 42.5 Å². The first-order valence-corrected chi connectivity index (χ1v) is 14.8. The van der Waals surface area contributed by atoms with Crippen molar-refractivity contribution in [2.45, 2.75) is 58.2 Å². The number of sulfonamides is 1. The van der Waals surface area contributed by atoms with Crippen LogP contribution in [0, 0.1) is 0 Å². The molecule has 2 aromatic rings. The van der Waals surface area contributed by atoms with Gasteiger partial charge in [0.2, 0.25) is 21.8 Å². The Morgan fingerprint density at radius 1 is 1.08 bits per heavy atom. The molecule has 0 heterocycles. The van der Waals surface area contributed by atoms with E-state index < -0.39 is 28.5 Å². The van der Waals surface area contributed by atoms with E-state index in [9.17, 15) is 18.0 Å². The number of hydrogen-bond acceptors (Lipinski definition) is 5. The SMILES string of the molecule is CCOc1ccc(N(CC(=O)N(Cc2ccc(Cl)c(Cl)c2)[C@H](C)C(=O)NC2CCCC2)S(C)(=O)=O)cc1. The lowest BCUT2D eigenvalue weighted by atomic mass is 10.1. The monoisotopic (exact) mass is 569 g/mol. The highest BCUT2D eigenvalue weighted by molar-refractivity contribution is 7.92. The molecule has 8 nitrogen and oxygen atoms in total. The van der Waals surface area contributed by atoms with E-state index in [2.05, 4.69) is 5.32 Å². The van der Waals surface area contributed by atoms with Crippen LogP contribution in [0.5, 0.6) is 5.75 Å². The Kier molecular flexibility index (Phi) is 10.1. The smallest absolute Gasteiger partial charge is 0.244 e. The third-order valence-corrected chi connectivity index (χ3v) is 8.20. The van der Waals surface area contributed by atoms with Crippen molar-refractivity contribution >= 4 is 50.7 Å². The highest BCUT2D eigenvalue weighted by Crippen LogP contribution is 2.25. The molecule has 11 heteroatoms. The van der Waals surface area contributed by atoms with Gasteiger partial charge < -0.3 is 15.0 Å². The standard InChI is InChI=1S/C26H33Cl2N3O5S/c1-4-36-22-12-10-21(11-13-22)31(37(3,34)35)17-25(32)30(16-19-9-14-23(27)24(28)15-19)18(2)26(33)29-20-7-5-6-8-20/h9-15,18,20H,4-8,16-17H2,1-3H3,(H,29,33)/t18-/m1/s1. The van der Waals surface area contributed by atoms with Gasteiger partial charge in [-0.3, -0.25) is 13.9 Å². The fraction of sp³-hybridized carbons (Fsp3) is 0.462. The summed E-state index contributed by atoms with van der Waals surface area (Å²) < 4.78 is 31.8. The number of rotatable bonds is 11. The van der Waals surface area contributed by atoms with E-state index in [0.29, 0.717) is 33.7 Å². The average molecular weight is 571 g/mol. The van der Waals surface area contributed by atoms with Gasteiger partial charge in [0, 0.05) is 12.6 Å².